The van der Waals surface area contributed by atoms with Gasteiger partial charge in [0.2, 0.25) is 5.91 Å². The van der Waals surface area contributed by atoms with Crippen LogP contribution in [0.25, 0.3) is 0 Å². The Balaban J connectivity index is 1.45. The van der Waals surface area contributed by atoms with Crippen LogP contribution in [0, 0.1) is 23.6 Å². The summed E-state index contributed by atoms with van der Waals surface area (Å²) in [6, 6.07) is 4.77. The summed E-state index contributed by atoms with van der Waals surface area (Å²) in [6.45, 7) is 3.04. The second kappa shape index (κ2) is 5.68. The van der Waals surface area contributed by atoms with E-state index in [2.05, 4.69) is 4.90 Å². The summed E-state index contributed by atoms with van der Waals surface area (Å²) in [6.07, 6.45) is 2.11. The first-order valence-corrected chi connectivity index (χ1v) is 9.23. The van der Waals surface area contributed by atoms with Crippen molar-refractivity contribution in [1.29, 1.82) is 0 Å². The Kier molecular flexibility index (Phi) is 3.54. The molecule has 5 rings (SSSR count). The van der Waals surface area contributed by atoms with Gasteiger partial charge in [-0.15, -0.1) is 0 Å². The number of aliphatic hydroxyl groups excluding tert-OH is 1. The summed E-state index contributed by atoms with van der Waals surface area (Å²) in [5.41, 5.74) is 0.885. The summed E-state index contributed by atoms with van der Waals surface area (Å²) in [4.78, 5) is 17.0. The molecular weight excluding hydrogens is 323 g/mol. The van der Waals surface area contributed by atoms with E-state index in [1.165, 1.54) is 18.9 Å². The van der Waals surface area contributed by atoms with E-state index in [0.29, 0.717) is 32.2 Å². The molecule has 1 aromatic carbocycles. The number of hydrogen-bond donors (Lipinski definition) is 1. The lowest BCUT2D eigenvalue weighted by Crippen LogP contribution is -2.56. The highest BCUT2D eigenvalue weighted by Gasteiger charge is 2.51. The number of carbonyl (C=O) groups is 1. The van der Waals surface area contributed by atoms with Crippen LogP contribution >= 0.6 is 0 Å². The van der Waals surface area contributed by atoms with Crippen molar-refractivity contribution < 1.29 is 19.0 Å². The third kappa shape index (κ3) is 2.62. The normalized spacial score (nSPS) is 31.9. The average molecular weight is 346 g/mol. The molecule has 3 aliphatic heterocycles. The van der Waals surface area contributed by atoms with Crippen molar-refractivity contribution in [3.8, 4) is 5.75 Å². The fraction of sp³-hybridized carbons (Fsp3) is 0.632. The quantitative estimate of drug-likeness (QED) is 0.899. The topological polar surface area (TPSA) is 53.0 Å². The SMILES string of the molecule is O=C([C@@H]1CN(CC2CC2)[C@H]2c3cc(F)ccc3OC[C@@H]12)N1CC(O)C1. The maximum atomic E-state index is 13.9. The molecule has 1 aliphatic carbocycles. The first kappa shape index (κ1) is 15.6. The van der Waals surface area contributed by atoms with Crippen molar-refractivity contribution in [2.45, 2.75) is 25.0 Å². The van der Waals surface area contributed by atoms with Crippen molar-refractivity contribution in [3.05, 3.63) is 29.6 Å². The molecule has 0 unspecified atom stereocenters. The van der Waals surface area contributed by atoms with Gasteiger partial charge in [-0.1, -0.05) is 0 Å². The molecule has 3 fully saturated rings. The highest BCUT2D eigenvalue weighted by atomic mass is 19.1. The predicted molar refractivity (Wildman–Crippen MR) is 88.5 cm³/mol. The largest absolute Gasteiger partial charge is 0.493 e. The Morgan fingerprint density at radius 2 is 2.08 bits per heavy atom. The zero-order valence-corrected chi connectivity index (χ0v) is 14.1. The lowest BCUT2D eigenvalue weighted by Gasteiger charge is -2.39. The van der Waals surface area contributed by atoms with Gasteiger partial charge in [0.05, 0.1) is 18.6 Å². The number of hydrogen-bond acceptors (Lipinski definition) is 4. The molecule has 3 atom stereocenters. The van der Waals surface area contributed by atoms with Crippen LogP contribution in [0.15, 0.2) is 18.2 Å². The van der Waals surface area contributed by atoms with Crippen LogP contribution in [-0.4, -0.2) is 59.7 Å². The lowest BCUT2D eigenvalue weighted by molar-refractivity contribution is -0.147. The molecule has 5 nitrogen and oxygen atoms in total. The molecule has 2 saturated heterocycles. The number of aliphatic hydroxyl groups is 1. The molecule has 0 spiro atoms. The Labute approximate surface area is 146 Å². The molecule has 6 heteroatoms. The predicted octanol–water partition coefficient (Wildman–Crippen LogP) is 1.42. The zero-order chi connectivity index (χ0) is 17.1. The fourth-order valence-corrected chi connectivity index (χ4v) is 4.65. The van der Waals surface area contributed by atoms with Gasteiger partial charge < -0.3 is 14.7 Å². The third-order valence-electron chi connectivity index (χ3n) is 6.15. The van der Waals surface area contributed by atoms with E-state index in [1.807, 2.05) is 0 Å². The van der Waals surface area contributed by atoms with Gasteiger partial charge in [-0.2, -0.15) is 0 Å². The smallest absolute Gasteiger partial charge is 0.227 e. The standard InChI is InChI=1S/C19H23FN2O3/c20-12-3-4-17-14(5-12)18-16(10-25-17)15(9-21(18)6-11-1-2-11)19(24)22-7-13(23)8-22/h3-5,11,13,15-16,18,23H,1-2,6-10H2/t15-,16+,18+/m1/s1. The second-order valence-corrected chi connectivity index (χ2v) is 8.00. The van der Waals surface area contributed by atoms with E-state index < -0.39 is 0 Å². The van der Waals surface area contributed by atoms with Gasteiger partial charge in [0.25, 0.3) is 0 Å². The third-order valence-corrected chi connectivity index (χ3v) is 6.15. The molecule has 1 aromatic rings. The Morgan fingerprint density at radius 1 is 1.28 bits per heavy atom. The molecule has 1 saturated carbocycles. The number of amides is 1. The molecule has 0 radical (unpaired) electrons. The van der Waals surface area contributed by atoms with Gasteiger partial charge >= 0.3 is 0 Å². The Morgan fingerprint density at radius 3 is 2.80 bits per heavy atom. The summed E-state index contributed by atoms with van der Waals surface area (Å²) >= 11 is 0. The second-order valence-electron chi connectivity index (χ2n) is 8.00. The molecule has 1 N–H and O–H groups in total. The van der Waals surface area contributed by atoms with E-state index in [-0.39, 0.29) is 35.7 Å². The van der Waals surface area contributed by atoms with Crippen LogP contribution in [0.4, 0.5) is 4.39 Å². The van der Waals surface area contributed by atoms with Gasteiger partial charge in [0.1, 0.15) is 11.6 Å². The highest BCUT2D eigenvalue weighted by molar-refractivity contribution is 5.81. The number of ether oxygens (including phenoxy) is 1. The van der Waals surface area contributed by atoms with Gasteiger partial charge in [0.15, 0.2) is 0 Å². The van der Waals surface area contributed by atoms with Crippen LogP contribution in [-0.2, 0) is 4.79 Å². The van der Waals surface area contributed by atoms with Crippen LogP contribution in [0.3, 0.4) is 0 Å². The highest BCUT2D eigenvalue weighted by Crippen LogP contribution is 2.49. The average Bonchev–Trinajstić information content (AvgIpc) is 3.30. The molecule has 3 heterocycles. The number of nitrogens with zero attached hydrogens (tertiary/aromatic N) is 2. The van der Waals surface area contributed by atoms with Crippen LogP contribution < -0.4 is 4.74 Å². The molecule has 134 valence electrons. The number of carbonyl (C=O) groups excluding carboxylic acids is 1. The van der Waals surface area contributed by atoms with E-state index in [9.17, 15) is 14.3 Å². The Bertz CT molecular complexity index is 702. The molecule has 25 heavy (non-hydrogen) atoms. The van der Waals surface area contributed by atoms with Gasteiger partial charge in [-0.05, 0) is 37.0 Å². The summed E-state index contributed by atoms with van der Waals surface area (Å²) in [5, 5.41) is 9.51. The first-order valence-electron chi connectivity index (χ1n) is 9.23. The van der Waals surface area contributed by atoms with E-state index in [0.717, 1.165) is 17.9 Å². The van der Waals surface area contributed by atoms with Crippen LogP contribution in [0.2, 0.25) is 0 Å². The van der Waals surface area contributed by atoms with E-state index in [1.54, 1.807) is 17.0 Å². The summed E-state index contributed by atoms with van der Waals surface area (Å²) in [7, 11) is 0. The minimum atomic E-state index is -0.388. The van der Waals surface area contributed by atoms with Gasteiger partial charge in [-0.3, -0.25) is 9.69 Å². The summed E-state index contributed by atoms with van der Waals surface area (Å²) in [5.74, 6) is 1.24. The van der Waals surface area contributed by atoms with Crippen molar-refractivity contribution >= 4 is 5.91 Å². The monoisotopic (exact) mass is 346 g/mol. The maximum absolute atomic E-state index is 13.9. The molecule has 1 amide bonds. The Hall–Kier alpha value is -1.66. The van der Waals surface area contributed by atoms with E-state index in [4.69, 9.17) is 4.74 Å². The number of fused-ring (bicyclic) bond motifs is 3. The van der Waals surface area contributed by atoms with Crippen molar-refractivity contribution in [1.82, 2.24) is 9.80 Å². The number of halogens is 1. The summed E-state index contributed by atoms with van der Waals surface area (Å²) < 4.78 is 19.7. The molecular formula is C19H23FN2O3. The van der Waals surface area contributed by atoms with Gasteiger partial charge in [0, 0.05) is 43.7 Å². The van der Waals surface area contributed by atoms with Crippen LogP contribution in [0.5, 0.6) is 5.75 Å². The first-order chi connectivity index (χ1) is 12.1. The number of β-amino-alcohol motifs (C(OH)–C–C–N with tert-alkyl or cyclic N) is 1. The van der Waals surface area contributed by atoms with Crippen molar-refractivity contribution in [2.75, 3.05) is 32.8 Å². The number of rotatable bonds is 3. The zero-order valence-electron chi connectivity index (χ0n) is 14.1. The maximum Gasteiger partial charge on any atom is 0.227 e. The molecule has 0 bridgehead atoms. The fourth-order valence-electron chi connectivity index (χ4n) is 4.65. The number of likely N-dealkylation sites (tertiary alicyclic amines) is 2. The van der Waals surface area contributed by atoms with Crippen LogP contribution in [0.1, 0.15) is 24.4 Å². The minimum absolute atomic E-state index is 0.0540. The lowest BCUT2D eigenvalue weighted by atomic mass is 9.84. The molecule has 4 aliphatic rings. The molecule has 0 aromatic heterocycles. The van der Waals surface area contributed by atoms with Crippen molar-refractivity contribution in [2.24, 2.45) is 17.8 Å². The minimum Gasteiger partial charge on any atom is -0.493 e. The van der Waals surface area contributed by atoms with Crippen molar-refractivity contribution in [3.63, 3.8) is 0 Å². The number of benzene rings is 1. The van der Waals surface area contributed by atoms with E-state index >= 15 is 0 Å². The van der Waals surface area contributed by atoms with Gasteiger partial charge in [-0.25, -0.2) is 4.39 Å².